The molecule has 1 aromatic heterocycles. The summed E-state index contributed by atoms with van der Waals surface area (Å²) in [5, 5.41) is 1.42. The van der Waals surface area contributed by atoms with Crippen LogP contribution in [0.3, 0.4) is 0 Å². The number of piperazine rings is 1. The van der Waals surface area contributed by atoms with Crippen LogP contribution in [0.5, 0.6) is 17.2 Å². The molecule has 0 N–H and O–H groups in total. The predicted octanol–water partition coefficient (Wildman–Crippen LogP) is 3.42. The topological polar surface area (TPSA) is 81.2 Å². The molecule has 0 spiro atoms. The Hall–Kier alpha value is -2.59. The number of nitrogens with zero attached hydrogens (tertiary/aromatic N) is 3. The van der Waals surface area contributed by atoms with Gasteiger partial charge < -0.3 is 14.2 Å². The fourth-order valence-electron chi connectivity index (χ4n) is 3.90. The molecule has 0 amide bonds. The third kappa shape index (κ3) is 4.86. The first-order valence-corrected chi connectivity index (χ1v) is 12.2. The zero-order valence-corrected chi connectivity index (χ0v) is 20.3. The molecule has 0 atom stereocenters. The van der Waals surface area contributed by atoms with E-state index in [2.05, 4.69) is 9.88 Å². The van der Waals surface area contributed by atoms with E-state index in [0.717, 1.165) is 22.2 Å². The molecule has 8 nitrogen and oxygen atoms in total. The summed E-state index contributed by atoms with van der Waals surface area (Å²) in [6.07, 6.45) is 0. The van der Waals surface area contributed by atoms with E-state index in [1.54, 1.807) is 19.2 Å². The van der Waals surface area contributed by atoms with Gasteiger partial charge in [0.15, 0.2) is 11.5 Å². The highest BCUT2D eigenvalue weighted by Gasteiger charge is 2.29. The van der Waals surface area contributed by atoms with Crippen LogP contribution in [0.15, 0.2) is 47.4 Å². The SMILES string of the molecule is COc1ccc2cc(CN3CCN(S(=O)(=O)c4ccc(OC)c(OC)c4)CC3)c(Cl)nc2c1. The Balaban J connectivity index is 1.45. The number of fused-ring (bicyclic) bond motifs is 1. The van der Waals surface area contributed by atoms with Crippen molar-refractivity contribution in [2.45, 2.75) is 11.4 Å². The number of pyridine rings is 1. The molecule has 1 aliphatic rings. The van der Waals surface area contributed by atoms with Gasteiger partial charge in [-0.3, -0.25) is 4.90 Å². The summed E-state index contributed by atoms with van der Waals surface area (Å²) in [6.45, 7) is 2.53. The Morgan fingerprint density at radius 3 is 2.30 bits per heavy atom. The summed E-state index contributed by atoms with van der Waals surface area (Å²) in [5.74, 6) is 1.60. The highest BCUT2D eigenvalue weighted by molar-refractivity contribution is 7.89. The number of hydrogen-bond donors (Lipinski definition) is 0. The van der Waals surface area contributed by atoms with Crippen molar-refractivity contribution >= 4 is 32.5 Å². The van der Waals surface area contributed by atoms with Gasteiger partial charge in [-0.05, 0) is 30.3 Å². The molecule has 2 aromatic carbocycles. The number of aromatic nitrogens is 1. The molecule has 1 aliphatic heterocycles. The zero-order chi connectivity index (χ0) is 23.6. The molecular formula is C23H26ClN3O5S. The molecule has 4 rings (SSSR count). The largest absolute Gasteiger partial charge is 0.497 e. The van der Waals surface area contributed by atoms with Crippen molar-refractivity contribution in [2.75, 3.05) is 47.5 Å². The highest BCUT2D eigenvalue weighted by Crippen LogP contribution is 2.31. The van der Waals surface area contributed by atoms with Crippen LogP contribution >= 0.6 is 11.6 Å². The average Bonchev–Trinajstić information content (AvgIpc) is 2.84. The molecule has 1 saturated heterocycles. The first-order chi connectivity index (χ1) is 15.8. The van der Waals surface area contributed by atoms with Crippen LogP contribution in [0.2, 0.25) is 5.15 Å². The first-order valence-electron chi connectivity index (χ1n) is 10.4. The number of benzene rings is 2. The summed E-state index contributed by atoms with van der Waals surface area (Å²) in [5.41, 5.74) is 1.68. The Morgan fingerprint density at radius 2 is 1.64 bits per heavy atom. The third-order valence-electron chi connectivity index (χ3n) is 5.77. The van der Waals surface area contributed by atoms with Crippen LogP contribution < -0.4 is 14.2 Å². The standard InChI is InChI=1S/C23H26ClN3O5S/c1-30-18-5-4-16-12-17(23(24)25-20(16)13-18)15-26-8-10-27(11-9-26)33(28,29)19-6-7-21(31-2)22(14-19)32-3/h4-7,12-14H,8-11,15H2,1-3H3. The van der Waals surface area contributed by atoms with Gasteiger partial charge in [-0.1, -0.05) is 11.6 Å². The van der Waals surface area contributed by atoms with E-state index in [-0.39, 0.29) is 4.90 Å². The van der Waals surface area contributed by atoms with Gasteiger partial charge >= 0.3 is 0 Å². The Bertz CT molecular complexity index is 1260. The smallest absolute Gasteiger partial charge is 0.243 e. The van der Waals surface area contributed by atoms with E-state index >= 15 is 0 Å². The van der Waals surface area contributed by atoms with E-state index in [0.29, 0.717) is 49.4 Å². The van der Waals surface area contributed by atoms with Crippen molar-refractivity contribution in [3.63, 3.8) is 0 Å². The summed E-state index contributed by atoms with van der Waals surface area (Å²) in [4.78, 5) is 6.87. The minimum absolute atomic E-state index is 0.186. The number of rotatable bonds is 7. The second-order valence-corrected chi connectivity index (χ2v) is 9.99. The summed E-state index contributed by atoms with van der Waals surface area (Å²) >= 11 is 6.45. The maximum absolute atomic E-state index is 13.1. The normalized spacial score (nSPS) is 15.5. The number of sulfonamides is 1. The number of ether oxygens (including phenoxy) is 3. The lowest BCUT2D eigenvalue weighted by Crippen LogP contribution is -2.48. The molecular weight excluding hydrogens is 466 g/mol. The second kappa shape index (κ2) is 9.72. The van der Waals surface area contributed by atoms with Gasteiger partial charge in [0.1, 0.15) is 10.9 Å². The van der Waals surface area contributed by atoms with Crippen molar-refractivity contribution < 1.29 is 22.6 Å². The van der Waals surface area contributed by atoms with Gasteiger partial charge in [0.2, 0.25) is 10.0 Å². The summed E-state index contributed by atoms with van der Waals surface area (Å²) < 4.78 is 43.5. The van der Waals surface area contributed by atoms with Gasteiger partial charge in [0, 0.05) is 55.8 Å². The van der Waals surface area contributed by atoms with Crippen molar-refractivity contribution in [1.29, 1.82) is 0 Å². The molecule has 2 heterocycles. The maximum Gasteiger partial charge on any atom is 0.243 e. The van der Waals surface area contributed by atoms with E-state index < -0.39 is 10.0 Å². The predicted molar refractivity (Wildman–Crippen MR) is 127 cm³/mol. The lowest BCUT2D eigenvalue weighted by Gasteiger charge is -2.34. The van der Waals surface area contributed by atoms with Crippen LogP contribution in [-0.2, 0) is 16.6 Å². The molecule has 3 aromatic rings. The van der Waals surface area contributed by atoms with Gasteiger partial charge in [-0.2, -0.15) is 4.31 Å². The van der Waals surface area contributed by atoms with Crippen molar-refractivity contribution in [3.8, 4) is 17.2 Å². The number of methoxy groups -OCH3 is 3. The molecule has 1 fully saturated rings. The third-order valence-corrected chi connectivity index (χ3v) is 7.99. The monoisotopic (exact) mass is 491 g/mol. The van der Waals surface area contributed by atoms with Gasteiger partial charge in [-0.25, -0.2) is 13.4 Å². The summed E-state index contributed by atoms with van der Waals surface area (Å²) in [7, 11) is 0.970. The van der Waals surface area contributed by atoms with Crippen LogP contribution in [0.25, 0.3) is 10.9 Å². The van der Waals surface area contributed by atoms with E-state index in [9.17, 15) is 8.42 Å². The molecule has 0 aliphatic carbocycles. The Labute approximate surface area is 198 Å². The fraction of sp³-hybridized carbons (Fsp3) is 0.348. The average molecular weight is 492 g/mol. The zero-order valence-electron chi connectivity index (χ0n) is 18.7. The first kappa shape index (κ1) is 23.6. The van der Waals surface area contributed by atoms with Gasteiger partial charge in [-0.15, -0.1) is 0 Å². The van der Waals surface area contributed by atoms with Crippen LogP contribution in [0, 0.1) is 0 Å². The minimum Gasteiger partial charge on any atom is -0.497 e. The molecule has 176 valence electrons. The van der Waals surface area contributed by atoms with Crippen molar-refractivity contribution in [2.24, 2.45) is 0 Å². The summed E-state index contributed by atoms with van der Waals surface area (Å²) in [6, 6.07) is 12.4. The van der Waals surface area contributed by atoms with Crippen LogP contribution in [-0.4, -0.2) is 70.1 Å². The Kier molecular flexibility index (Phi) is 6.94. The molecule has 0 bridgehead atoms. The highest BCUT2D eigenvalue weighted by atomic mass is 35.5. The maximum atomic E-state index is 13.1. The van der Waals surface area contributed by atoms with Crippen molar-refractivity contribution in [1.82, 2.24) is 14.2 Å². The van der Waals surface area contributed by atoms with E-state index in [1.807, 2.05) is 24.3 Å². The minimum atomic E-state index is -3.64. The van der Waals surface area contributed by atoms with E-state index in [1.165, 1.54) is 24.6 Å². The van der Waals surface area contributed by atoms with Crippen molar-refractivity contribution in [3.05, 3.63) is 53.2 Å². The van der Waals surface area contributed by atoms with Crippen LogP contribution in [0.4, 0.5) is 0 Å². The Morgan fingerprint density at radius 1 is 0.909 bits per heavy atom. The number of hydrogen-bond acceptors (Lipinski definition) is 7. The molecule has 10 heteroatoms. The molecule has 0 radical (unpaired) electrons. The molecule has 0 unspecified atom stereocenters. The van der Waals surface area contributed by atoms with Gasteiger partial charge in [0.25, 0.3) is 0 Å². The van der Waals surface area contributed by atoms with E-state index in [4.69, 9.17) is 25.8 Å². The lowest BCUT2D eigenvalue weighted by atomic mass is 10.1. The fourth-order valence-corrected chi connectivity index (χ4v) is 5.54. The van der Waals surface area contributed by atoms with Gasteiger partial charge in [0.05, 0.1) is 31.7 Å². The van der Waals surface area contributed by atoms with Crippen LogP contribution in [0.1, 0.15) is 5.56 Å². The quantitative estimate of drug-likeness (QED) is 0.468. The number of halogens is 1. The molecule has 0 saturated carbocycles. The second-order valence-electron chi connectivity index (χ2n) is 7.69. The lowest BCUT2D eigenvalue weighted by molar-refractivity contribution is 0.181. The molecule has 33 heavy (non-hydrogen) atoms.